The Morgan fingerprint density at radius 3 is 2.16 bits per heavy atom. The highest BCUT2D eigenvalue weighted by molar-refractivity contribution is 6.23. The molecule has 44 heavy (non-hydrogen) atoms. The molecule has 10 aromatic rings. The van der Waals surface area contributed by atoms with Crippen molar-refractivity contribution in [2.75, 3.05) is 0 Å². The van der Waals surface area contributed by atoms with Crippen LogP contribution in [0.15, 0.2) is 150 Å². The fourth-order valence-corrected chi connectivity index (χ4v) is 7.19. The maximum absolute atomic E-state index is 6.35. The van der Waals surface area contributed by atoms with Crippen LogP contribution in [0.1, 0.15) is 0 Å². The van der Waals surface area contributed by atoms with E-state index in [1.807, 2.05) is 12.1 Å². The van der Waals surface area contributed by atoms with E-state index in [4.69, 9.17) is 9.40 Å². The van der Waals surface area contributed by atoms with Crippen LogP contribution in [0.4, 0.5) is 0 Å². The molecule has 0 radical (unpaired) electrons. The standard InChI is InChI=1S/C41H24N2O/c1-2-12-27(13-3-1)43-36-18-8-5-15-30(36)40-29(16-10-19-37(40)43)33-22-26-23-39-32(28-14-6-9-20-38(28)44-39)24-31(26)34-21-25-11-4-7-17-35(25)42-41(33)34/h1-24H. The van der Waals surface area contributed by atoms with E-state index in [9.17, 15) is 0 Å². The number of para-hydroxylation sites is 4. The van der Waals surface area contributed by atoms with Crippen molar-refractivity contribution >= 4 is 76.3 Å². The highest BCUT2D eigenvalue weighted by Gasteiger charge is 2.20. The molecule has 0 spiro atoms. The number of furan rings is 1. The van der Waals surface area contributed by atoms with E-state index in [0.29, 0.717) is 0 Å². The van der Waals surface area contributed by atoms with Gasteiger partial charge >= 0.3 is 0 Å². The van der Waals surface area contributed by atoms with E-state index in [1.54, 1.807) is 0 Å². The zero-order valence-corrected chi connectivity index (χ0v) is 23.7. The number of pyridine rings is 1. The summed E-state index contributed by atoms with van der Waals surface area (Å²) in [6.45, 7) is 0. The summed E-state index contributed by atoms with van der Waals surface area (Å²) in [7, 11) is 0. The average molecular weight is 561 g/mol. The Bertz CT molecular complexity index is 2770. The molecule has 3 heterocycles. The summed E-state index contributed by atoms with van der Waals surface area (Å²) in [6.07, 6.45) is 0. The van der Waals surface area contributed by atoms with Gasteiger partial charge in [-0.15, -0.1) is 0 Å². The van der Waals surface area contributed by atoms with E-state index in [0.717, 1.165) is 60.4 Å². The van der Waals surface area contributed by atoms with Gasteiger partial charge in [-0.25, -0.2) is 4.98 Å². The first-order chi connectivity index (χ1) is 21.8. The van der Waals surface area contributed by atoms with Crippen LogP contribution in [0.5, 0.6) is 0 Å². The SMILES string of the molecule is c1ccc(-n2c3ccccc3c3c(-c4cc5cc6oc7ccccc7c6cc5c5cc6ccccc6nc45)cccc32)cc1. The molecular formula is C41H24N2O. The Labute approximate surface area is 252 Å². The predicted octanol–water partition coefficient (Wildman–Crippen LogP) is 11.2. The average Bonchev–Trinajstić information content (AvgIpc) is 3.62. The molecule has 10 rings (SSSR count). The van der Waals surface area contributed by atoms with Gasteiger partial charge in [0.25, 0.3) is 0 Å². The largest absolute Gasteiger partial charge is 0.456 e. The number of benzene rings is 7. The second-order valence-corrected chi connectivity index (χ2v) is 11.6. The van der Waals surface area contributed by atoms with E-state index < -0.39 is 0 Å². The Morgan fingerprint density at radius 1 is 0.455 bits per heavy atom. The smallest absolute Gasteiger partial charge is 0.136 e. The van der Waals surface area contributed by atoms with Gasteiger partial charge in [-0.2, -0.15) is 0 Å². The predicted molar refractivity (Wildman–Crippen MR) is 184 cm³/mol. The lowest BCUT2D eigenvalue weighted by Gasteiger charge is -2.14. The fourth-order valence-electron chi connectivity index (χ4n) is 7.19. The van der Waals surface area contributed by atoms with Crippen molar-refractivity contribution in [2.24, 2.45) is 0 Å². The molecule has 0 aliphatic carbocycles. The first-order valence-corrected chi connectivity index (χ1v) is 15.0. The molecule has 3 aromatic heterocycles. The summed E-state index contributed by atoms with van der Waals surface area (Å²) >= 11 is 0. The highest BCUT2D eigenvalue weighted by Crippen LogP contribution is 2.44. The zero-order valence-electron chi connectivity index (χ0n) is 23.7. The van der Waals surface area contributed by atoms with Gasteiger partial charge in [0.15, 0.2) is 0 Å². The number of fused-ring (bicyclic) bond motifs is 10. The first-order valence-electron chi connectivity index (χ1n) is 15.0. The molecule has 0 saturated carbocycles. The number of aromatic nitrogens is 2. The van der Waals surface area contributed by atoms with Gasteiger partial charge in [0, 0.05) is 43.6 Å². The molecule has 0 aliphatic heterocycles. The molecule has 0 fully saturated rings. The summed E-state index contributed by atoms with van der Waals surface area (Å²) < 4.78 is 8.72. The minimum absolute atomic E-state index is 0.900. The molecule has 0 unspecified atom stereocenters. The lowest BCUT2D eigenvalue weighted by Crippen LogP contribution is -1.93. The molecular weight excluding hydrogens is 536 g/mol. The first kappa shape index (κ1) is 23.6. The zero-order chi connectivity index (χ0) is 28.8. The van der Waals surface area contributed by atoms with Gasteiger partial charge in [0.05, 0.1) is 22.1 Å². The van der Waals surface area contributed by atoms with Crippen LogP contribution in [0.3, 0.4) is 0 Å². The van der Waals surface area contributed by atoms with Gasteiger partial charge in [-0.05, 0) is 77.0 Å². The van der Waals surface area contributed by atoms with E-state index >= 15 is 0 Å². The van der Waals surface area contributed by atoms with Crippen molar-refractivity contribution in [2.45, 2.75) is 0 Å². The maximum atomic E-state index is 6.35. The van der Waals surface area contributed by atoms with Crippen LogP contribution in [-0.2, 0) is 0 Å². The number of hydrogen-bond donors (Lipinski definition) is 0. The van der Waals surface area contributed by atoms with Gasteiger partial charge < -0.3 is 8.98 Å². The van der Waals surface area contributed by atoms with Crippen molar-refractivity contribution in [3.8, 4) is 16.8 Å². The van der Waals surface area contributed by atoms with E-state index in [-0.39, 0.29) is 0 Å². The Hall–Kier alpha value is -5.93. The van der Waals surface area contributed by atoms with Crippen molar-refractivity contribution < 1.29 is 4.42 Å². The van der Waals surface area contributed by atoms with Gasteiger partial charge in [0.2, 0.25) is 0 Å². The molecule has 0 bridgehead atoms. The minimum atomic E-state index is 0.900. The van der Waals surface area contributed by atoms with Gasteiger partial charge in [-0.3, -0.25) is 0 Å². The van der Waals surface area contributed by atoms with Gasteiger partial charge in [0.1, 0.15) is 11.2 Å². The third-order valence-corrected chi connectivity index (χ3v) is 9.12. The molecule has 3 nitrogen and oxygen atoms in total. The van der Waals surface area contributed by atoms with Crippen molar-refractivity contribution in [3.63, 3.8) is 0 Å². The molecule has 0 amide bonds. The van der Waals surface area contributed by atoms with Crippen LogP contribution in [0, 0.1) is 0 Å². The Kier molecular flexibility index (Phi) is 4.72. The Morgan fingerprint density at radius 2 is 1.23 bits per heavy atom. The van der Waals surface area contributed by atoms with E-state index in [2.05, 4.69) is 138 Å². The molecule has 0 N–H and O–H groups in total. The second-order valence-electron chi connectivity index (χ2n) is 11.6. The van der Waals surface area contributed by atoms with Crippen LogP contribution in [-0.4, -0.2) is 9.55 Å². The summed E-state index contributed by atoms with van der Waals surface area (Å²) in [4.78, 5) is 5.36. The maximum Gasteiger partial charge on any atom is 0.136 e. The van der Waals surface area contributed by atoms with Crippen molar-refractivity contribution in [3.05, 3.63) is 146 Å². The monoisotopic (exact) mass is 560 g/mol. The molecule has 7 aromatic carbocycles. The van der Waals surface area contributed by atoms with Crippen LogP contribution >= 0.6 is 0 Å². The van der Waals surface area contributed by atoms with Crippen LogP contribution < -0.4 is 0 Å². The van der Waals surface area contributed by atoms with E-state index in [1.165, 1.54) is 32.8 Å². The summed E-state index contributed by atoms with van der Waals surface area (Å²) in [6, 6.07) is 51.8. The number of hydrogen-bond acceptors (Lipinski definition) is 2. The molecule has 3 heteroatoms. The number of rotatable bonds is 2. The molecule has 0 saturated heterocycles. The Balaban J connectivity index is 1.38. The lowest BCUT2D eigenvalue weighted by molar-refractivity contribution is 0.669. The second kappa shape index (κ2) is 8.79. The summed E-state index contributed by atoms with van der Waals surface area (Å²) in [5.74, 6) is 0. The lowest BCUT2D eigenvalue weighted by atomic mass is 9.92. The fraction of sp³-hybridized carbons (Fsp3) is 0. The van der Waals surface area contributed by atoms with Crippen LogP contribution in [0.2, 0.25) is 0 Å². The van der Waals surface area contributed by atoms with Crippen molar-refractivity contribution in [1.82, 2.24) is 9.55 Å². The quantitative estimate of drug-likeness (QED) is 0.156. The minimum Gasteiger partial charge on any atom is -0.456 e. The van der Waals surface area contributed by atoms with Crippen LogP contribution in [0.25, 0.3) is 93.1 Å². The topological polar surface area (TPSA) is 31.0 Å². The highest BCUT2D eigenvalue weighted by atomic mass is 16.3. The molecule has 0 aliphatic rings. The summed E-state index contributed by atoms with van der Waals surface area (Å²) in [5, 5.41) is 9.31. The molecule has 0 atom stereocenters. The summed E-state index contributed by atoms with van der Waals surface area (Å²) in [5.41, 5.74) is 9.62. The van der Waals surface area contributed by atoms with Crippen molar-refractivity contribution in [1.29, 1.82) is 0 Å². The normalized spacial score (nSPS) is 12.1. The van der Waals surface area contributed by atoms with Gasteiger partial charge in [-0.1, -0.05) is 84.9 Å². The number of nitrogens with zero attached hydrogens (tertiary/aromatic N) is 2. The third kappa shape index (κ3) is 3.24. The molecule has 204 valence electrons. The third-order valence-electron chi connectivity index (χ3n) is 9.12.